The van der Waals surface area contributed by atoms with E-state index in [-0.39, 0.29) is 6.10 Å². The van der Waals surface area contributed by atoms with E-state index in [2.05, 4.69) is 21.8 Å². The molecule has 4 heteroatoms. The van der Waals surface area contributed by atoms with Gasteiger partial charge in [0.1, 0.15) is 6.10 Å². The largest absolute Gasteiger partial charge is 0.372 e. The van der Waals surface area contributed by atoms with Gasteiger partial charge in [0.05, 0.1) is 18.2 Å². The molecule has 1 aromatic rings. The average Bonchev–Trinajstić information content (AvgIpc) is 3.12. The van der Waals surface area contributed by atoms with Gasteiger partial charge in [0.2, 0.25) is 0 Å². The van der Waals surface area contributed by atoms with Crippen molar-refractivity contribution in [2.45, 2.75) is 51.3 Å². The number of aromatic nitrogens is 2. The summed E-state index contributed by atoms with van der Waals surface area (Å²) in [6.45, 7) is 5.10. The quantitative estimate of drug-likeness (QED) is 0.869. The molecule has 2 fully saturated rings. The zero-order chi connectivity index (χ0) is 12.4. The van der Waals surface area contributed by atoms with Crippen molar-refractivity contribution in [3.63, 3.8) is 0 Å². The number of nitrogens with one attached hydrogen (secondary N) is 1. The molecular formula is C14H23N3O. The molecule has 3 rings (SSSR count). The van der Waals surface area contributed by atoms with Crippen LogP contribution in [0.1, 0.15) is 44.4 Å². The summed E-state index contributed by atoms with van der Waals surface area (Å²) in [5.41, 5.74) is 1.25. The second-order valence-electron chi connectivity index (χ2n) is 5.48. The van der Waals surface area contributed by atoms with E-state index >= 15 is 0 Å². The highest BCUT2D eigenvalue weighted by Crippen LogP contribution is 2.33. The topological polar surface area (TPSA) is 39.1 Å². The number of hydrogen-bond donors (Lipinski definition) is 1. The van der Waals surface area contributed by atoms with E-state index < -0.39 is 0 Å². The Morgan fingerprint density at radius 1 is 1.44 bits per heavy atom. The lowest BCUT2D eigenvalue weighted by Crippen LogP contribution is -2.33. The van der Waals surface area contributed by atoms with Gasteiger partial charge >= 0.3 is 0 Å². The summed E-state index contributed by atoms with van der Waals surface area (Å²) in [6, 6.07) is 0.781. The van der Waals surface area contributed by atoms with E-state index in [1.165, 1.54) is 31.4 Å². The average molecular weight is 249 g/mol. The van der Waals surface area contributed by atoms with Crippen molar-refractivity contribution < 1.29 is 4.74 Å². The molecule has 1 saturated carbocycles. The van der Waals surface area contributed by atoms with Crippen molar-refractivity contribution in [2.24, 2.45) is 5.92 Å². The molecule has 2 unspecified atom stereocenters. The zero-order valence-corrected chi connectivity index (χ0v) is 11.1. The molecule has 0 spiro atoms. The van der Waals surface area contributed by atoms with Crippen LogP contribution in [-0.4, -0.2) is 28.7 Å². The highest BCUT2D eigenvalue weighted by atomic mass is 16.5. The SMILES string of the molecule is CCn1cncc1C1OCCCC1CNC1CC1. The minimum Gasteiger partial charge on any atom is -0.372 e. The maximum atomic E-state index is 6.03. The second kappa shape index (κ2) is 5.41. The Bertz CT molecular complexity index is 386. The summed E-state index contributed by atoms with van der Waals surface area (Å²) in [5, 5.41) is 3.65. The number of hydrogen-bond acceptors (Lipinski definition) is 3. The third kappa shape index (κ3) is 2.59. The Balaban J connectivity index is 1.69. The molecule has 2 aliphatic rings. The van der Waals surface area contributed by atoms with Crippen molar-refractivity contribution in [1.82, 2.24) is 14.9 Å². The van der Waals surface area contributed by atoms with Crippen LogP contribution < -0.4 is 5.32 Å². The summed E-state index contributed by atoms with van der Waals surface area (Å²) < 4.78 is 8.24. The van der Waals surface area contributed by atoms with Gasteiger partial charge in [-0.2, -0.15) is 0 Å². The van der Waals surface area contributed by atoms with Gasteiger partial charge in [-0.3, -0.25) is 0 Å². The van der Waals surface area contributed by atoms with E-state index in [4.69, 9.17) is 4.74 Å². The van der Waals surface area contributed by atoms with Gasteiger partial charge in [-0.1, -0.05) is 0 Å². The van der Waals surface area contributed by atoms with Crippen LogP contribution in [-0.2, 0) is 11.3 Å². The maximum absolute atomic E-state index is 6.03. The van der Waals surface area contributed by atoms with Crippen molar-refractivity contribution in [3.05, 3.63) is 18.2 Å². The minimum absolute atomic E-state index is 0.229. The predicted molar refractivity (Wildman–Crippen MR) is 70.3 cm³/mol. The van der Waals surface area contributed by atoms with Crippen LogP contribution in [0.4, 0.5) is 0 Å². The predicted octanol–water partition coefficient (Wildman–Crippen LogP) is 2.12. The van der Waals surface area contributed by atoms with Crippen LogP contribution in [0.2, 0.25) is 0 Å². The molecule has 1 aliphatic heterocycles. The van der Waals surface area contributed by atoms with E-state index in [0.717, 1.165) is 25.7 Å². The van der Waals surface area contributed by atoms with Crippen molar-refractivity contribution in [1.29, 1.82) is 0 Å². The second-order valence-corrected chi connectivity index (χ2v) is 5.48. The summed E-state index contributed by atoms with van der Waals surface area (Å²) in [7, 11) is 0. The molecule has 2 heterocycles. The first-order valence-electron chi connectivity index (χ1n) is 7.23. The van der Waals surface area contributed by atoms with Crippen LogP contribution in [0.25, 0.3) is 0 Å². The Labute approximate surface area is 109 Å². The maximum Gasteiger partial charge on any atom is 0.103 e. The van der Waals surface area contributed by atoms with Gasteiger partial charge in [-0.25, -0.2) is 4.98 Å². The highest BCUT2D eigenvalue weighted by molar-refractivity contribution is 5.06. The molecule has 1 N–H and O–H groups in total. The Hall–Kier alpha value is -0.870. The standard InChI is InChI=1S/C14H23N3O/c1-2-17-10-15-9-13(17)14-11(4-3-7-18-14)8-16-12-5-6-12/h9-12,14,16H,2-8H2,1H3. The van der Waals surface area contributed by atoms with Crippen molar-refractivity contribution in [3.8, 4) is 0 Å². The molecule has 1 saturated heterocycles. The van der Waals surface area contributed by atoms with Gasteiger partial charge < -0.3 is 14.6 Å². The zero-order valence-electron chi connectivity index (χ0n) is 11.1. The van der Waals surface area contributed by atoms with Crippen LogP contribution in [0.5, 0.6) is 0 Å². The molecule has 0 aromatic carbocycles. The van der Waals surface area contributed by atoms with Crippen LogP contribution in [0.3, 0.4) is 0 Å². The highest BCUT2D eigenvalue weighted by Gasteiger charge is 2.31. The number of nitrogens with zero attached hydrogens (tertiary/aromatic N) is 2. The minimum atomic E-state index is 0.229. The Kier molecular flexibility index (Phi) is 3.66. The molecule has 0 bridgehead atoms. The van der Waals surface area contributed by atoms with Crippen LogP contribution in [0, 0.1) is 5.92 Å². The molecule has 2 atom stereocenters. The lowest BCUT2D eigenvalue weighted by atomic mass is 9.92. The van der Waals surface area contributed by atoms with Gasteiger partial charge in [0.15, 0.2) is 0 Å². The molecule has 0 amide bonds. The van der Waals surface area contributed by atoms with Crippen molar-refractivity contribution >= 4 is 0 Å². The van der Waals surface area contributed by atoms with Gasteiger partial charge in [0.25, 0.3) is 0 Å². The monoisotopic (exact) mass is 249 g/mol. The van der Waals surface area contributed by atoms with Crippen LogP contribution in [0.15, 0.2) is 12.5 Å². The third-order valence-electron chi connectivity index (χ3n) is 4.07. The van der Waals surface area contributed by atoms with E-state index in [1.54, 1.807) is 0 Å². The summed E-state index contributed by atoms with van der Waals surface area (Å²) in [5.74, 6) is 0.598. The fourth-order valence-electron chi connectivity index (χ4n) is 2.82. The molecule has 4 nitrogen and oxygen atoms in total. The van der Waals surface area contributed by atoms with Gasteiger partial charge in [-0.15, -0.1) is 0 Å². The molecule has 18 heavy (non-hydrogen) atoms. The molecular weight excluding hydrogens is 226 g/mol. The first-order chi connectivity index (χ1) is 8.88. The lowest BCUT2D eigenvalue weighted by molar-refractivity contribution is -0.0322. The fraction of sp³-hybridized carbons (Fsp3) is 0.786. The number of imidazole rings is 1. The summed E-state index contributed by atoms with van der Waals surface area (Å²) >= 11 is 0. The van der Waals surface area contributed by atoms with Gasteiger partial charge in [0, 0.05) is 31.7 Å². The number of aryl methyl sites for hydroxylation is 1. The smallest absolute Gasteiger partial charge is 0.103 e. The van der Waals surface area contributed by atoms with Crippen molar-refractivity contribution in [2.75, 3.05) is 13.2 Å². The third-order valence-corrected chi connectivity index (χ3v) is 4.07. The molecule has 1 aliphatic carbocycles. The summed E-state index contributed by atoms with van der Waals surface area (Å²) in [4.78, 5) is 4.27. The number of rotatable bonds is 5. The molecule has 100 valence electrons. The molecule has 1 aromatic heterocycles. The molecule has 0 radical (unpaired) electrons. The van der Waals surface area contributed by atoms with E-state index in [1.807, 2.05) is 12.5 Å². The first-order valence-corrected chi connectivity index (χ1v) is 7.23. The van der Waals surface area contributed by atoms with Gasteiger partial charge in [-0.05, 0) is 32.6 Å². The lowest BCUT2D eigenvalue weighted by Gasteiger charge is -2.32. The fourth-order valence-corrected chi connectivity index (χ4v) is 2.82. The summed E-state index contributed by atoms with van der Waals surface area (Å²) in [6.07, 6.45) is 9.28. The first kappa shape index (κ1) is 12.2. The van der Waals surface area contributed by atoms with E-state index in [9.17, 15) is 0 Å². The Morgan fingerprint density at radius 2 is 2.33 bits per heavy atom. The van der Waals surface area contributed by atoms with Crippen LogP contribution >= 0.6 is 0 Å². The van der Waals surface area contributed by atoms with E-state index in [0.29, 0.717) is 5.92 Å². The number of ether oxygens (including phenoxy) is 1. The normalized spacial score (nSPS) is 28.5. The Morgan fingerprint density at radius 3 is 3.11 bits per heavy atom.